The number of aliphatic hydroxyl groups is 1. The molecule has 210 valence electrons. The van der Waals surface area contributed by atoms with Crippen LogP contribution in [0.25, 0.3) is 33.7 Å². The number of aryl methyl sites for hydroxylation is 1. The highest BCUT2D eigenvalue weighted by Crippen LogP contribution is 2.35. The molecule has 2 N–H and O–H groups in total. The van der Waals surface area contributed by atoms with Crippen LogP contribution in [-0.2, 0) is 18.2 Å². The van der Waals surface area contributed by atoms with Gasteiger partial charge in [-0.1, -0.05) is 36.4 Å². The molecule has 0 saturated heterocycles. The Morgan fingerprint density at radius 3 is 2.32 bits per heavy atom. The maximum Gasteiger partial charge on any atom is 0.433 e. The van der Waals surface area contributed by atoms with Crippen LogP contribution in [0.1, 0.15) is 36.6 Å². The summed E-state index contributed by atoms with van der Waals surface area (Å²) < 4.78 is 46.5. The second-order valence-corrected chi connectivity index (χ2v) is 10.0. The summed E-state index contributed by atoms with van der Waals surface area (Å²) in [5.41, 5.74) is -0.181. The van der Waals surface area contributed by atoms with Gasteiger partial charge in [-0.25, -0.2) is 15.0 Å². The fraction of sp³-hybridized carbons (Fsp3) is 0.233. The highest BCUT2D eigenvalue weighted by Gasteiger charge is 2.33. The van der Waals surface area contributed by atoms with E-state index in [1.165, 1.54) is 19.2 Å². The minimum atomic E-state index is -4.67. The van der Waals surface area contributed by atoms with Crippen molar-refractivity contribution < 1.29 is 23.0 Å². The summed E-state index contributed by atoms with van der Waals surface area (Å²) in [6.07, 6.45) is -2.92. The summed E-state index contributed by atoms with van der Waals surface area (Å²) in [4.78, 5) is 33.5. The van der Waals surface area contributed by atoms with E-state index in [2.05, 4.69) is 24.9 Å². The molecule has 0 aliphatic rings. The van der Waals surface area contributed by atoms with E-state index in [0.717, 1.165) is 6.07 Å². The number of benzene rings is 1. The first-order chi connectivity index (χ1) is 19.4. The van der Waals surface area contributed by atoms with E-state index < -0.39 is 22.9 Å². The molecular weight excluding hydrogens is 535 g/mol. The van der Waals surface area contributed by atoms with Gasteiger partial charge in [0.15, 0.2) is 16.9 Å². The summed E-state index contributed by atoms with van der Waals surface area (Å²) in [6, 6.07) is 16.5. The maximum atomic E-state index is 13.6. The molecule has 1 aromatic carbocycles. The SMILES string of the molecule is Cc1cc(-c2nc3c(=O)c(OCCc4cccc(C(C)(C)O)n4)c[nH]c3nc2-c2ccccc2)cc(C(F)(F)F)n1. The number of H-pyrrole nitrogens is 1. The number of fused-ring (bicyclic) bond motifs is 1. The molecule has 0 amide bonds. The van der Waals surface area contributed by atoms with E-state index in [9.17, 15) is 23.1 Å². The number of hydrogen-bond acceptors (Lipinski definition) is 7. The molecule has 0 unspecified atom stereocenters. The molecule has 0 fully saturated rings. The van der Waals surface area contributed by atoms with Gasteiger partial charge >= 0.3 is 6.18 Å². The van der Waals surface area contributed by atoms with Crippen molar-refractivity contribution in [2.24, 2.45) is 0 Å². The van der Waals surface area contributed by atoms with Crippen molar-refractivity contribution in [3.05, 3.63) is 99.9 Å². The van der Waals surface area contributed by atoms with E-state index in [0.29, 0.717) is 29.1 Å². The van der Waals surface area contributed by atoms with Crippen molar-refractivity contribution in [2.45, 2.75) is 39.0 Å². The first kappa shape index (κ1) is 27.9. The smallest absolute Gasteiger partial charge is 0.433 e. The van der Waals surface area contributed by atoms with Gasteiger partial charge < -0.3 is 14.8 Å². The number of halogens is 3. The lowest BCUT2D eigenvalue weighted by molar-refractivity contribution is -0.141. The lowest BCUT2D eigenvalue weighted by Gasteiger charge is -2.17. The normalized spacial score (nSPS) is 12.1. The van der Waals surface area contributed by atoms with E-state index in [4.69, 9.17) is 4.74 Å². The van der Waals surface area contributed by atoms with E-state index in [-0.39, 0.29) is 40.5 Å². The average molecular weight is 562 g/mol. The van der Waals surface area contributed by atoms with Crippen molar-refractivity contribution in [2.75, 3.05) is 6.61 Å². The van der Waals surface area contributed by atoms with Crippen molar-refractivity contribution in [3.63, 3.8) is 0 Å². The molecule has 0 saturated carbocycles. The van der Waals surface area contributed by atoms with Gasteiger partial charge in [0, 0.05) is 35.1 Å². The Labute approximate surface area is 233 Å². The molecule has 5 rings (SSSR count). The van der Waals surface area contributed by atoms with Gasteiger partial charge in [-0.3, -0.25) is 9.78 Å². The summed E-state index contributed by atoms with van der Waals surface area (Å²) in [5, 5.41) is 10.2. The highest BCUT2D eigenvalue weighted by atomic mass is 19.4. The molecule has 8 nitrogen and oxygen atoms in total. The average Bonchev–Trinajstić information content (AvgIpc) is 2.93. The summed E-state index contributed by atoms with van der Waals surface area (Å²) in [7, 11) is 0. The number of aromatic amines is 1. The monoisotopic (exact) mass is 561 g/mol. The Kier molecular flexibility index (Phi) is 7.31. The minimum absolute atomic E-state index is 0.0225. The minimum Gasteiger partial charge on any atom is -0.488 e. The van der Waals surface area contributed by atoms with E-state index in [1.807, 2.05) is 0 Å². The number of hydrogen-bond donors (Lipinski definition) is 2. The van der Waals surface area contributed by atoms with Crippen molar-refractivity contribution in [1.82, 2.24) is 24.9 Å². The van der Waals surface area contributed by atoms with Gasteiger partial charge in [0.1, 0.15) is 11.3 Å². The fourth-order valence-corrected chi connectivity index (χ4v) is 4.29. The molecule has 11 heteroatoms. The predicted octanol–water partition coefficient (Wildman–Crippen LogP) is 5.62. The van der Waals surface area contributed by atoms with Crippen molar-refractivity contribution in [1.29, 1.82) is 0 Å². The molecule has 4 heterocycles. The van der Waals surface area contributed by atoms with Crippen LogP contribution in [0, 0.1) is 6.92 Å². The quantitative estimate of drug-likeness (QED) is 0.265. The number of nitrogens with one attached hydrogen (secondary N) is 1. The molecule has 4 aromatic heterocycles. The number of nitrogens with zero attached hydrogens (tertiary/aromatic N) is 4. The first-order valence-corrected chi connectivity index (χ1v) is 12.8. The summed E-state index contributed by atoms with van der Waals surface area (Å²) >= 11 is 0. The van der Waals surface area contributed by atoms with Crippen LogP contribution in [0.2, 0.25) is 0 Å². The van der Waals surface area contributed by atoms with Gasteiger partial charge in [-0.15, -0.1) is 0 Å². The Bertz CT molecular complexity index is 1780. The van der Waals surface area contributed by atoms with Crippen LogP contribution >= 0.6 is 0 Å². The first-order valence-electron chi connectivity index (χ1n) is 12.8. The van der Waals surface area contributed by atoms with Crippen LogP contribution in [0.5, 0.6) is 5.75 Å². The zero-order valence-corrected chi connectivity index (χ0v) is 22.5. The molecule has 5 aromatic rings. The van der Waals surface area contributed by atoms with Gasteiger partial charge in [-0.05, 0) is 45.0 Å². The molecule has 0 atom stereocenters. The molecule has 41 heavy (non-hydrogen) atoms. The second kappa shape index (κ2) is 10.7. The number of pyridine rings is 3. The van der Waals surface area contributed by atoms with Gasteiger partial charge in [-0.2, -0.15) is 13.2 Å². The standard InChI is InChI=1S/C30H26F3N5O3/c1-17-14-19(15-23(35-17)30(31,32)33)25-24(18-8-5-4-6-9-18)38-28-26(37-25)27(39)21(16-34-28)41-13-12-20-10-7-11-22(36-20)29(2,3)40/h4-11,14-16,40H,12-13H2,1-3H3,(H,34,38,39). The van der Waals surface area contributed by atoms with E-state index >= 15 is 0 Å². The number of aromatic nitrogens is 5. The van der Waals surface area contributed by atoms with Crippen LogP contribution in [0.3, 0.4) is 0 Å². The molecular formula is C30H26F3N5O3. The van der Waals surface area contributed by atoms with Crippen LogP contribution in [-0.4, -0.2) is 36.6 Å². The Morgan fingerprint density at radius 2 is 1.61 bits per heavy atom. The fourth-order valence-electron chi connectivity index (χ4n) is 4.29. The highest BCUT2D eigenvalue weighted by molar-refractivity contribution is 5.85. The van der Waals surface area contributed by atoms with Gasteiger partial charge in [0.05, 0.1) is 23.7 Å². The summed E-state index contributed by atoms with van der Waals surface area (Å²) in [6.45, 7) is 4.85. The van der Waals surface area contributed by atoms with E-state index in [1.54, 1.807) is 62.4 Å². The van der Waals surface area contributed by atoms with Crippen LogP contribution in [0.15, 0.2) is 71.7 Å². The second-order valence-electron chi connectivity index (χ2n) is 10.0. The van der Waals surface area contributed by atoms with Crippen molar-refractivity contribution >= 4 is 11.2 Å². The number of ether oxygens (including phenoxy) is 1. The molecule has 0 radical (unpaired) electrons. The topological polar surface area (TPSA) is 114 Å². The third-order valence-electron chi connectivity index (χ3n) is 6.29. The third-order valence-corrected chi connectivity index (χ3v) is 6.29. The Balaban J connectivity index is 1.54. The Morgan fingerprint density at radius 1 is 0.878 bits per heavy atom. The molecule has 0 bridgehead atoms. The molecule has 0 aliphatic heterocycles. The van der Waals surface area contributed by atoms with Crippen LogP contribution < -0.4 is 10.2 Å². The Hall–Kier alpha value is -4.64. The maximum absolute atomic E-state index is 13.6. The van der Waals surface area contributed by atoms with Crippen molar-refractivity contribution in [3.8, 4) is 28.3 Å². The zero-order valence-electron chi connectivity index (χ0n) is 22.5. The number of alkyl halides is 3. The van der Waals surface area contributed by atoms with Gasteiger partial charge in [0.2, 0.25) is 0 Å². The third kappa shape index (κ3) is 6.09. The lowest BCUT2D eigenvalue weighted by atomic mass is 10.0. The van der Waals surface area contributed by atoms with Gasteiger partial charge in [0.25, 0.3) is 5.43 Å². The van der Waals surface area contributed by atoms with Crippen LogP contribution in [0.4, 0.5) is 13.2 Å². The zero-order chi connectivity index (χ0) is 29.4. The lowest BCUT2D eigenvalue weighted by Crippen LogP contribution is -2.19. The molecule has 0 spiro atoms. The number of rotatable bonds is 7. The largest absolute Gasteiger partial charge is 0.488 e. The summed E-state index contributed by atoms with van der Waals surface area (Å²) in [5.74, 6) is -0.0225. The molecule has 0 aliphatic carbocycles. The predicted molar refractivity (Wildman–Crippen MR) is 147 cm³/mol.